The fourth-order valence-corrected chi connectivity index (χ4v) is 0.658. The summed E-state index contributed by atoms with van der Waals surface area (Å²) < 4.78 is 0. The van der Waals surface area contributed by atoms with Gasteiger partial charge in [-0.05, 0) is 5.92 Å². The molecule has 1 aromatic rings. The summed E-state index contributed by atoms with van der Waals surface area (Å²) in [5, 5.41) is 0. The Balaban J connectivity index is 2.59. The SMILES string of the molecule is ClCCC#Cc1cnccn1. The van der Waals surface area contributed by atoms with Crippen molar-refractivity contribution in [3.05, 3.63) is 24.3 Å². The molecule has 0 atom stereocenters. The van der Waals surface area contributed by atoms with Gasteiger partial charge >= 0.3 is 0 Å². The zero-order valence-corrected chi connectivity index (χ0v) is 6.67. The predicted molar refractivity (Wildman–Crippen MR) is 44.2 cm³/mol. The average Bonchev–Trinajstić information content (AvgIpc) is 2.07. The van der Waals surface area contributed by atoms with Crippen LogP contribution in [-0.2, 0) is 0 Å². The van der Waals surface area contributed by atoms with Crippen LogP contribution < -0.4 is 0 Å². The van der Waals surface area contributed by atoms with Gasteiger partial charge in [-0.25, -0.2) is 4.98 Å². The average molecular weight is 167 g/mol. The molecule has 0 aliphatic rings. The molecule has 0 saturated heterocycles. The number of hydrogen-bond donors (Lipinski definition) is 0. The molecule has 1 heterocycles. The highest BCUT2D eigenvalue weighted by atomic mass is 35.5. The van der Waals surface area contributed by atoms with Gasteiger partial charge in [0.2, 0.25) is 0 Å². The largest absolute Gasteiger partial charge is 0.260 e. The van der Waals surface area contributed by atoms with Crippen molar-refractivity contribution in [2.24, 2.45) is 0 Å². The van der Waals surface area contributed by atoms with E-state index in [0.717, 1.165) is 0 Å². The van der Waals surface area contributed by atoms with Crippen molar-refractivity contribution in [3.8, 4) is 11.8 Å². The third-order valence-electron chi connectivity index (χ3n) is 0.999. The van der Waals surface area contributed by atoms with Crippen LogP contribution in [0.25, 0.3) is 0 Å². The van der Waals surface area contributed by atoms with Crippen LogP contribution in [-0.4, -0.2) is 15.8 Å². The van der Waals surface area contributed by atoms with Crippen LogP contribution in [0.5, 0.6) is 0 Å². The van der Waals surface area contributed by atoms with Crippen molar-refractivity contribution < 1.29 is 0 Å². The topological polar surface area (TPSA) is 25.8 Å². The molecule has 11 heavy (non-hydrogen) atoms. The van der Waals surface area contributed by atoms with Gasteiger partial charge in [0.05, 0.1) is 6.20 Å². The highest BCUT2D eigenvalue weighted by Crippen LogP contribution is 1.86. The summed E-state index contributed by atoms with van der Waals surface area (Å²) in [7, 11) is 0. The van der Waals surface area contributed by atoms with Gasteiger partial charge in [0.1, 0.15) is 5.69 Å². The summed E-state index contributed by atoms with van der Waals surface area (Å²) in [6, 6.07) is 0. The highest BCUT2D eigenvalue weighted by molar-refractivity contribution is 6.18. The number of alkyl halides is 1. The van der Waals surface area contributed by atoms with Gasteiger partial charge in [0.25, 0.3) is 0 Å². The molecular formula is C8H7ClN2. The number of aromatic nitrogens is 2. The molecular weight excluding hydrogens is 160 g/mol. The summed E-state index contributed by atoms with van der Waals surface area (Å²) in [6.45, 7) is 0. The Hall–Kier alpha value is -1.07. The molecule has 1 rings (SSSR count). The fraction of sp³-hybridized carbons (Fsp3) is 0.250. The van der Waals surface area contributed by atoms with E-state index >= 15 is 0 Å². The lowest BCUT2D eigenvalue weighted by Gasteiger charge is -1.83. The third-order valence-corrected chi connectivity index (χ3v) is 1.19. The van der Waals surface area contributed by atoms with E-state index in [1.165, 1.54) is 0 Å². The van der Waals surface area contributed by atoms with E-state index in [0.29, 0.717) is 18.0 Å². The minimum absolute atomic E-state index is 0.563. The van der Waals surface area contributed by atoms with Crippen LogP contribution in [0.15, 0.2) is 18.6 Å². The Bertz CT molecular complexity index is 260. The smallest absolute Gasteiger partial charge is 0.131 e. The first-order valence-corrected chi connectivity index (χ1v) is 3.78. The Morgan fingerprint density at radius 1 is 1.45 bits per heavy atom. The van der Waals surface area contributed by atoms with Crippen molar-refractivity contribution in [2.75, 3.05) is 5.88 Å². The Morgan fingerprint density at radius 3 is 3.00 bits per heavy atom. The molecule has 2 nitrogen and oxygen atoms in total. The van der Waals surface area contributed by atoms with E-state index < -0.39 is 0 Å². The van der Waals surface area contributed by atoms with Gasteiger partial charge < -0.3 is 0 Å². The third kappa shape index (κ3) is 3.01. The van der Waals surface area contributed by atoms with Gasteiger partial charge in [0, 0.05) is 24.7 Å². The lowest BCUT2D eigenvalue weighted by atomic mass is 10.4. The zero-order chi connectivity index (χ0) is 7.94. The monoisotopic (exact) mass is 166 g/mol. The standard InChI is InChI=1S/C8H7ClN2/c9-4-2-1-3-8-7-10-5-6-11-8/h5-7H,2,4H2. The van der Waals surface area contributed by atoms with E-state index in [4.69, 9.17) is 11.6 Å². The molecule has 0 aliphatic heterocycles. The first-order chi connectivity index (χ1) is 5.43. The molecule has 0 radical (unpaired) electrons. The quantitative estimate of drug-likeness (QED) is 0.466. The molecule has 0 saturated carbocycles. The number of halogens is 1. The second-order valence-electron chi connectivity index (χ2n) is 1.83. The molecule has 0 aliphatic carbocycles. The number of nitrogens with zero attached hydrogens (tertiary/aromatic N) is 2. The second-order valence-corrected chi connectivity index (χ2v) is 2.21. The van der Waals surface area contributed by atoms with Gasteiger partial charge in [-0.2, -0.15) is 0 Å². The Labute approximate surface area is 70.6 Å². The molecule has 0 amide bonds. The lowest BCUT2D eigenvalue weighted by Crippen LogP contribution is -1.81. The van der Waals surface area contributed by atoms with Crippen molar-refractivity contribution in [1.29, 1.82) is 0 Å². The summed E-state index contributed by atoms with van der Waals surface area (Å²) in [5.74, 6) is 6.27. The van der Waals surface area contributed by atoms with Crippen molar-refractivity contribution in [2.45, 2.75) is 6.42 Å². The molecule has 3 heteroatoms. The maximum absolute atomic E-state index is 5.43. The molecule has 0 unspecified atom stereocenters. The minimum Gasteiger partial charge on any atom is -0.260 e. The van der Waals surface area contributed by atoms with E-state index in [1.807, 2.05) is 0 Å². The van der Waals surface area contributed by atoms with Crippen molar-refractivity contribution in [3.63, 3.8) is 0 Å². The van der Waals surface area contributed by atoms with Gasteiger partial charge in [-0.15, -0.1) is 11.6 Å². The summed E-state index contributed by atoms with van der Waals surface area (Å²) in [5.41, 5.74) is 0.692. The summed E-state index contributed by atoms with van der Waals surface area (Å²) >= 11 is 5.43. The van der Waals surface area contributed by atoms with Gasteiger partial charge in [-0.3, -0.25) is 4.98 Å². The van der Waals surface area contributed by atoms with Crippen molar-refractivity contribution in [1.82, 2.24) is 9.97 Å². The van der Waals surface area contributed by atoms with Gasteiger partial charge in [-0.1, -0.05) is 5.92 Å². The van der Waals surface area contributed by atoms with E-state index in [2.05, 4.69) is 21.8 Å². The fourth-order valence-electron chi connectivity index (χ4n) is 0.564. The van der Waals surface area contributed by atoms with E-state index in [-0.39, 0.29) is 0 Å². The predicted octanol–water partition coefficient (Wildman–Crippen LogP) is 1.46. The van der Waals surface area contributed by atoms with Crippen LogP contribution in [0, 0.1) is 11.8 Å². The number of hydrogen-bond acceptors (Lipinski definition) is 2. The minimum atomic E-state index is 0.563. The van der Waals surface area contributed by atoms with E-state index in [9.17, 15) is 0 Å². The van der Waals surface area contributed by atoms with Crippen LogP contribution in [0.3, 0.4) is 0 Å². The summed E-state index contributed by atoms with van der Waals surface area (Å²) in [4.78, 5) is 7.84. The van der Waals surface area contributed by atoms with Crippen molar-refractivity contribution >= 4 is 11.6 Å². The van der Waals surface area contributed by atoms with Crippen LogP contribution in [0.4, 0.5) is 0 Å². The Kier molecular flexibility index (Phi) is 3.43. The molecule has 0 N–H and O–H groups in total. The molecule has 0 spiro atoms. The Morgan fingerprint density at radius 2 is 2.36 bits per heavy atom. The van der Waals surface area contributed by atoms with Crippen LogP contribution in [0.1, 0.15) is 12.1 Å². The highest BCUT2D eigenvalue weighted by Gasteiger charge is 1.82. The normalized spacial score (nSPS) is 8.45. The maximum Gasteiger partial charge on any atom is 0.131 e. The van der Waals surface area contributed by atoms with Crippen LogP contribution in [0.2, 0.25) is 0 Å². The van der Waals surface area contributed by atoms with Crippen LogP contribution >= 0.6 is 11.6 Å². The zero-order valence-electron chi connectivity index (χ0n) is 5.92. The van der Waals surface area contributed by atoms with Gasteiger partial charge in [0.15, 0.2) is 0 Å². The maximum atomic E-state index is 5.43. The molecule has 56 valence electrons. The molecule has 0 fully saturated rings. The lowest BCUT2D eigenvalue weighted by molar-refractivity contribution is 1.17. The second kappa shape index (κ2) is 4.70. The molecule has 1 aromatic heterocycles. The molecule has 0 aromatic carbocycles. The first-order valence-electron chi connectivity index (χ1n) is 3.24. The number of rotatable bonds is 1. The first kappa shape index (κ1) is 8.03. The molecule has 0 bridgehead atoms. The summed E-state index contributed by atoms with van der Waals surface area (Å²) in [6.07, 6.45) is 5.55. The van der Waals surface area contributed by atoms with E-state index in [1.54, 1.807) is 18.6 Å².